The molecule has 0 aliphatic carbocycles. The molecule has 3 aromatic rings. The second-order valence-electron chi connectivity index (χ2n) is 4.63. The molecule has 3 rings (SSSR count). The number of hydrogen-bond acceptors (Lipinski definition) is 4. The van der Waals surface area contributed by atoms with Gasteiger partial charge in [0.1, 0.15) is 5.75 Å². The lowest BCUT2D eigenvalue weighted by Crippen LogP contribution is -2.16. The number of carbonyl (C=O) groups excluding carboxylic acids is 1. The van der Waals surface area contributed by atoms with Crippen molar-refractivity contribution in [1.29, 1.82) is 0 Å². The summed E-state index contributed by atoms with van der Waals surface area (Å²) in [7, 11) is 0. The highest BCUT2D eigenvalue weighted by atomic mass is 79.9. The second kappa shape index (κ2) is 6.40. The monoisotopic (exact) mass is 416 g/mol. The summed E-state index contributed by atoms with van der Waals surface area (Å²) in [5.74, 6) is -0.698. The van der Waals surface area contributed by atoms with Gasteiger partial charge < -0.3 is 4.74 Å². The smallest absolute Gasteiger partial charge is 0.406 e. The Labute approximate surface area is 146 Å². The average molecular weight is 417 g/mol. The Hall–Kier alpha value is -2.13. The fourth-order valence-electron chi connectivity index (χ4n) is 1.97. The lowest BCUT2D eigenvalue weighted by atomic mass is 10.2. The average Bonchev–Trinajstić information content (AvgIpc) is 2.87. The molecule has 124 valence electrons. The number of alkyl halides is 3. The number of amides is 1. The molecule has 0 bridgehead atoms. The zero-order valence-corrected chi connectivity index (χ0v) is 14.1. The number of hydrogen-bond donors (Lipinski definition) is 1. The van der Waals surface area contributed by atoms with E-state index in [9.17, 15) is 18.0 Å². The van der Waals surface area contributed by atoms with E-state index in [-0.39, 0.29) is 16.8 Å². The van der Waals surface area contributed by atoms with Gasteiger partial charge in [0.15, 0.2) is 5.13 Å². The van der Waals surface area contributed by atoms with Crippen LogP contribution in [0, 0.1) is 0 Å². The third-order valence-corrected chi connectivity index (χ3v) is 4.56. The first kappa shape index (κ1) is 16.7. The summed E-state index contributed by atoms with van der Waals surface area (Å²) >= 11 is 4.34. The topological polar surface area (TPSA) is 51.2 Å². The first-order chi connectivity index (χ1) is 11.3. The molecule has 0 unspecified atom stereocenters. The van der Waals surface area contributed by atoms with E-state index in [1.54, 1.807) is 24.3 Å². The Balaban J connectivity index is 1.83. The predicted octanol–water partition coefficient (Wildman–Crippen LogP) is 5.21. The van der Waals surface area contributed by atoms with Gasteiger partial charge in [-0.15, -0.1) is 13.2 Å². The number of nitrogens with one attached hydrogen (secondary N) is 1. The van der Waals surface area contributed by atoms with Gasteiger partial charge in [-0.2, -0.15) is 0 Å². The predicted molar refractivity (Wildman–Crippen MR) is 88.4 cm³/mol. The van der Waals surface area contributed by atoms with Crippen molar-refractivity contribution < 1.29 is 22.7 Å². The van der Waals surface area contributed by atoms with Crippen LogP contribution in [0.2, 0.25) is 0 Å². The standard InChI is InChI=1S/C15H8BrF3N2O2S/c16-10-4-2-1-3-9(10)13(22)21-14-20-11-6-5-8(7-12(11)24-14)23-15(17,18)19/h1-7H,(H,20,21,22). The van der Waals surface area contributed by atoms with E-state index < -0.39 is 6.36 Å². The summed E-state index contributed by atoms with van der Waals surface area (Å²) in [6.07, 6.45) is -4.75. The van der Waals surface area contributed by atoms with Gasteiger partial charge in [-0.05, 0) is 40.2 Å². The lowest BCUT2D eigenvalue weighted by molar-refractivity contribution is -0.274. The van der Waals surface area contributed by atoms with E-state index in [0.29, 0.717) is 20.3 Å². The SMILES string of the molecule is O=C(Nc1nc2ccc(OC(F)(F)F)cc2s1)c1ccccc1Br. The molecule has 24 heavy (non-hydrogen) atoms. The minimum absolute atomic E-state index is 0.287. The van der Waals surface area contributed by atoms with Crippen molar-refractivity contribution >= 4 is 48.5 Å². The van der Waals surface area contributed by atoms with Crippen molar-refractivity contribution in [3.8, 4) is 5.75 Å². The summed E-state index contributed by atoms with van der Waals surface area (Å²) in [5, 5.41) is 2.92. The minimum Gasteiger partial charge on any atom is -0.406 e. The molecule has 0 aliphatic rings. The van der Waals surface area contributed by atoms with Crippen molar-refractivity contribution in [3.63, 3.8) is 0 Å². The molecule has 0 aliphatic heterocycles. The van der Waals surface area contributed by atoms with Crippen molar-refractivity contribution in [2.45, 2.75) is 6.36 Å². The van der Waals surface area contributed by atoms with E-state index in [0.717, 1.165) is 11.3 Å². The number of benzene rings is 2. The Bertz CT molecular complexity index is 911. The normalized spacial score (nSPS) is 11.5. The van der Waals surface area contributed by atoms with Gasteiger partial charge in [-0.3, -0.25) is 10.1 Å². The summed E-state index contributed by atoms with van der Waals surface area (Å²) < 4.78 is 41.7. The molecule has 1 heterocycles. The van der Waals surface area contributed by atoms with Crippen molar-refractivity contribution in [1.82, 2.24) is 4.98 Å². The van der Waals surface area contributed by atoms with Crippen molar-refractivity contribution in [3.05, 3.63) is 52.5 Å². The highest BCUT2D eigenvalue weighted by Gasteiger charge is 2.31. The van der Waals surface area contributed by atoms with Crippen molar-refractivity contribution in [2.75, 3.05) is 5.32 Å². The summed E-state index contributed by atoms with van der Waals surface area (Å²) in [4.78, 5) is 16.4. The second-order valence-corrected chi connectivity index (χ2v) is 6.52. The number of carbonyl (C=O) groups is 1. The number of ether oxygens (including phenoxy) is 1. The van der Waals surface area contributed by atoms with Crippen LogP contribution in [-0.4, -0.2) is 17.3 Å². The quantitative estimate of drug-likeness (QED) is 0.637. The highest BCUT2D eigenvalue weighted by Crippen LogP contribution is 2.32. The summed E-state index contributed by atoms with van der Waals surface area (Å²) in [6.45, 7) is 0. The van der Waals surface area contributed by atoms with Crippen LogP contribution in [0.25, 0.3) is 10.2 Å². The van der Waals surface area contributed by atoms with Gasteiger partial charge >= 0.3 is 6.36 Å². The number of fused-ring (bicyclic) bond motifs is 1. The van der Waals surface area contributed by atoms with Gasteiger partial charge in [-0.25, -0.2) is 4.98 Å². The molecule has 0 saturated heterocycles. The van der Waals surface area contributed by atoms with Gasteiger partial charge in [0.25, 0.3) is 5.91 Å². The maximum atomic E-state index is 12.2. The Morgan fingerprint density at radius 2 is 1.96 bits per heavy atom. The minimum atomic E-state index is -4.75. The van der Waals surface area contributed by atoms with Gasteiger partial charge in [0.05, 0.1) is 15.8 Å². The maximum Gasteiger partial charge on any atom is 0.573 e. The first-order valence-electron chi connectivity index (χ1n) is 6.54. The van der Waals surface area contributed by atoms with Crippen LogP contribution >= 0.6 is 27.3 Å². The number of halogens is 4. The maximum absolute atomic E-state index is 12.2. The van der Waals surface area contributed by atoms with Crippen LogP contribution in [-0.2, 0) is 0 Å². The number of thiazole rings is 1. The Morgan fingerprint density at radius 3 is 2.67 bits per heavy atom. The van der Waals surface area contributed by atoms with Gasteiger partial charge in [0.2, 0.25) is 0 Å². The van der Waals surface area contributed by atoms with Gasteiger partial charge in [-0.1, -0.05) is 23.5 Å². The number of aromatic nitrogens is 1. The third kappa shape index (κ3) is 3.85. The summed E-state index contributed by atoms with van der Waals surface area (Å²) in [5.41, 5.74) is 0.898. The largest absolute Gasteiger partial charge is 0.573 e. The van der Waals surface area contributed by atoms with Gasteiger partial charge in [0, 0.05) is 10.5 Å². The summed E-state index contributed by atoms with van der Waals surface area (Å²) in [6, 6.07) is 10.7. The fraction of sp³-hybridized carbons (Fsp3) is 0.0667. The molecule has 2 aromatic carbocycles. The molecule has 0 spiro atoms. The van der Waals surface area contributed by atoms with E-state index in [4.69, 9.17) is 0 Å². The third-order valence-electron chi connectivity index (χ3n) is 2.93. The molecule has 0 atom stereocenters. The molecule has 1 N–H and O–H groups in total. The zero-order chi connectivity index (χ0) is 17.3. The molecule has 0 radical (unpaired) electrons. The Morgan fingerprint density at radius 1 is 1.21 bits per heavy atom. The fourth-order valence-corrected chi connectivity index (χ4v) is 3.32. The van der Waals surface area contributed by atoms with E-state index >= 15 is 0 Å². The van der Waals surface area contributed by atoms with E-state index in [1.165, 1.54) is 18.2 Å². The molecule has 1 amide bonds. The van der Waals surface area contributed by atoms with Crippen LogP contribution in [0.5, 0.6) is 5.75 Å². The number of nitrogens with zero attached hydrogens (tertiary/aromatic N) is 1. The molecule has 0 fully saturated rings. The lowest BCUT2D eigenvalue weighted by Gasteiger charge is -2.07. The molecule has 0 saturated carbocycles. The molecule has 1 aromatic heterocycles. The highest BCUT2D eigenvalue weighted by molar-refractivity contribution is 9.10. The van der Waals surface area contributed by atoms with Crippen LogP contribution in [0.4, 0.5) is 18.3 Å². The van der Waals surface area contributed by atoms with Crippen LogP contribution in [0.1, 0.15) is 10.4 Å². The van der Waals surface area contributed by atoms with E-state index in [1.807, 2.05) is 0 Å². The molecule has 9 heteroatoms. The molecule has 4 nitrogen and oxygen atoms in total. The number of anilines is 1. The van der Waals surface area contributed by atoms with Crippen molar-refractivity contribution in [2.24, 2.45) is 0 Å². The number of rotatable bonds is 3. The zero-order valence-electron chi connectivity index (χ0n) is 11.7. The van der Waals surface area contributed by atoms with E-state index in [2.05, 4.69) is 31.0 Å². The molecular weight excluding hydrogens is 409 g/mol. The Kier molecular flexibility index (Phi) is 4.46. The van der Waals surface area contributed by atoms with Crippen LogP contribution < -0.4 is 10.1 Å². The van der Waals surface area contributed by atoms with Crippen LogP contribution in [0.3, 0.4) is 0 Å². The molecular formula is C15H8BrF3N2O2S. The van der Waals surface area contributed by atoms with Crippen LogP contribution in [0.15, 0.2) is 46.9 Å². The first-order valence-corrected chi connectivity index (χ1v) is 8.15.